The number of carbonyl (C=O) groups is 1. The van der Waals surface area contributed by atoms with Crippen molar-refractivity contribution in [1.82, 2.24) is 5.32 Å². The maximum atomic E-state index is 11.6. The first-order chi connectivity index (χ1) is 9.69. The molecule has 0 fully saturated rings. The Labute approximate surface area is 119 Å². The third kappa shape index (κ3) is 3.85. The van der Waals surface area contributed by atoms with E-state index < -0.39 is 0 Å². The van der Waals surface area contributed by atoms with Gasteiger partial charge in [0.05, 0.1) is 0 Å². The lowest BCUT2D eigenvalue weighted by molar-refractivity contribution is 0.0956. The summed E-state index contributed by atoms with van der Waals surface area (Å²) in [6.45, 7) is 5.12. The van der Waals surface area contributed by atoms with Crippen molar-refractivity contribution in [3.05, 3.63) is 65.2 Å². The summed E-state index contributed by atoms with van der Waals surface area (Å²) in [6.07, 6.45) is 0. The van der Waals surface area contributed by atoms with Gasteiger partial charge in [-0.3, -0.25) is 4.79 Å². The molecule has 0 bridgehead atoms. The molecule has 3 nitrogen and oxygen atoms in total. The van der Waals surface area contributed by atoms with Crippen LogP contribution in [-0.4, -0.2) is 12.5 Å². The van der Waals surface area contributed by atoms with Crippen LogP contribution in [0.3, 0.4) is 0 Å². The van der Waals surface area contributed by atoms with Crippen molar-refractivity contribution < 1.29 is 9.53 Å². The lowest BCUT2D eigenvalue weighted by atomic mass is 10.1. The molecule has 20 heavy (non-hydrogen) atoms. The summed E-state index contributed by atoms with van der Waals surface area (Å²) in [5, 5.41) is 2.77. The minimum atomic E-state index is -0.0577. The molecule has 2 rings (SSSR count). The number of ether oxygens (including phenoxy) is 1. The molecule has 0 spiro atoms. The van der Waals surface area contributed by atoms with E-state index in [9.17, 15) is 4.79 Å². The van der Waals surface area contributed by atoms with E-state index in [2.05, 4.69) is 24.4 Å². The summed E-state index contributed by atoms with van der Waals surface area (Å²) in [5.74, 6) is 0.706. The molecule has 104 valence electrons. The van der Waals surface area contributed by atoms with Gasteiger partial charge in [0.15, 0.2) is 0 Å². The topological polar surface area (TPSA) is 38.3 Å². The zero-order chi connectivity index (χ0) is 14.4. The van der Waals surface area contributed by atoms with Crippen molar-refractivity contribution in [1.29, 1.82) is 0 Å². The van der Waals surface area contributed by atoms with Crippen LogP contribution in [0.5, 0.6) is 5.75 Å². The van der Waals surface area contributed by atoms with E-state index in [1.165, 1.54) is 5.56 Å². The molecule has 0 aliphatic rings. The minimum Gasteiger partial charge on any atom is -0.489 e. The highest BCUT2D eigenvalue weighted by Crippen LogP contribution is 2.14. The molecule has 0 aliphatic carbocycles. The fraction of sp³-hybridized carbons (Fsp3) is 0.235. The summed E-state index contributed by atoms with van der Waals surface area (Å²) >= 11 is 0. The fourth-order valence-corrected chi connectivity index (χ4v) is 1.93. The Morgan fingerprint density at radius 1 is 1.15 bits per heavy atom. The van der Waals surface area contributed by atoms with Crippen molar-refractivity contribution in [2.45, 2.75) is 20.5 Å². The molecule has 1 amide bonds. The number of carbonyl (C=O) groups excluding carboxylic acids is 1. The second kappa shape index (κ2) is 6.75. The van der Waals surface area contributed by atoms with E-state index in [0.717, 1.165) is 11.3 Å². The molecule has 0 aliphatic heterocycles. The number of aryl methyl sites for hydroxylation is 1. The second-order valence-corrected chi connectivity index (χ2v) is 4.66. The van der Waals surface area contributed by atoms with Crippen LogP contribution in [0.25, 0.3) is 0 Å². The van der Waals surface area contributed by atoms with Gasteiger partial charge < -0.3 is 10.1 Å². The lowest BCUT2D eigenvalue weighted by Crippen LogP contribution is -2.22. The molecular weight excluding hydrogens is 250 g/mol. The Balaban J connectivity index is 1.95. The predicted octanol–water partition coefficient (Wildman–Crippen LogP) is 3.32. The average molecular weight is 269 g/mol. The second-order valence-electron chi connectivity index (χ2n) is 4.66. The zero-order valence-electron chi connectivity index (χ0n) is 11.8. The summed E-state index contributed by atoms with van der Waals surface area (Å²) in [6, 6.07) is 15.4. The Bertz CT molecular complexity index is 576. The molecule has 0 saturated heterocycles. The molecule has 0 heterocycles. The Kier molecular flexibility index (Phi) is 4.77. The molecule has 0 saturated carbocycles. The first kappa shape index (κ1) is 14.1. The molecule has 0 atom stereocenters. The first-order valence-electron chi connectivity index (χ1n) is 6.75. The molecule has 0 radical (unpaired) electrons. The van der Waals surface area contributed by atoms with Gasteiger partial charge in [0.25, 0.3) is 5.91 Å². The number of hydrogen-bond acceptors (Lipinski definition) is 2. The Hall–Kier alpha value is -2.29. The fourth-order valence-electron chi connectivity index (χ4n) is 1.93. The highest BCUT2D eigenvalue weighted by Gasteiger charge is 2.04. The maximum Gasteiger partial charge on any atom is 0.251 e. The number of hydrogen-bond donors (Lipinski definition) is 1. The number of amides is 1. The van der Waals surface area contributed by atoms with E-state index in [1.54, 1.807) is 12.1 Å². The normalized spacial score (nSPS) is 10.1. The molecule has 0 aromatic heterocycles. The minimum absolute atomic E-state index is 0.0577. The smallest absolute Gasteiger partial charge is 0.251 e. The van der Waals surface area contributed by atoms with Gasteiger partial charge in [-0.1, -0.05) is 29.8 Å². The van der Waals surface area contributed by atoms with E-state index in [1.807, 2.05) is 31.2 Å². The van der Waals surface area contributed by atoms with Gasteiger partial charge in [-0.2, -0.15) is 0 Å². The maximum absolute atomic E-state index is 11.6. The van der Waals surface area contributed by atoms with Crippen molar-refractivity contribution in [3.8, 4) is 5.75 Å². The van der Waals surface area contributed by atoms with Gasteiger partial charge in [0.2, 0.25) is 0 Å². The SMILES string of the molecule is CCNC(=O)c1ccc(OCc2cccc(C)c2)cc1. The highest BCUT2D eigenvalue weighted by molar-refractivity contribution is 5.94. The molecular formula is C17H19NO2. The van der Waals surface area contributed by atoms with Crippen LogP contribution in [0.4, 0.5) is 0 Å². The van der Waals surface area contributed by atoms with E-state index in [-0.39, 0.29) is 5.91 Å². The van der Waals surface area contributed by atoms with Crippen LogP contribution < -0.4 is 10.1 Å². The summed E-state index contributed by atoms with van der Waals surface area (Å²) in [4.78, 5) is 11.6. The number of benzene rings is 2. The number of rotatable bonds is 5. The quantitative estimate of drug-likeness (QED) is 0.904. The average Bonchev–Trinajstić information content (AvgIpc) is 2.46. The lowest BCUT2D eigenvalue weighted by Gasteiger charge is -2.08. The molecule has 2 aromatic carbocycles. The van der Waals surface area contributed by atoms with Gasteiger partial charge in [-0.05, 0) is 43.7 Å². The predicted molar refractivity (Wildman–Crippen MR) is 80.0 cm³/mol. The Morgan fingerprint density at radius 3 is 2.55 bits per heavy atom. The van der Waals surface area contributed by atoms with Crippen LogP contribution in [-0.2, 0) is 6.61 Å². The van der Waals surface area contributed by atoms with Gasteiger partial charge in [0, 0.05) is 12.1 Å². The van der Waals surface area contributed by atoms with Gasteiger partial charge in [0.1, 0.15) is 12.4 Å². The van der Waals surface area contributed by atoms with Gasteiger partial charge in [-0.25, -0.2) is 0 Å². The Morgan fingerprint density at radius 2 is 1.90 bits per heavy atom. The molecule has 3 heteroatoms. The van der Waals surface area contributed by atoms with E-state index in [0.29, 0.717) is 18.7 Å². The van der Waals surface area contributed by atoms with Gasteiger partial charge >= 0.3 is 0 Å². The van der Waals surface area contributed by atoms with Crippen LogP contribution >= 0.6 is 0 Å². The van der Waals surface area contributed by atoms with Crippen LogP contribution in [0.2, 0.25) is 0 Å². The van der Waals surface area contributed by atoms with E-state index in [4.69, 9.17) is 4.74 Å². The van der Waals surface area contributed by atoms with Crippen LogP contribution in [0, 0.1) is 6.92 Å². The van der Waals surface area contributed by atoms with E-state index >= 15 is 0 Å². The highest BCUT2D eigenvalue weighted by atomic mass is 16.5. The first-order valence-corrected chi connectivity index (χ1v) is 6.75. The largest absolute Gasteiger partial charge is 0.489 e. The summed E-state index contributed by atoms with van der Waals surface area (Å²) < 4.78 is 5.71. The molecule has 1 N–H and O–H groups in total. The third-order valence-corrected chi connectivity index (χ3v) is 2.94. The van der Waals surface area contributed by atoms with Crippen LogP contribution in [0.1, 0.15) is 28.4 Å². The number of nitrogens with one attached hydrogen (secondary N) is 1. The standard InChI is InChI=1S/C17H19NO2/c1-3-18-17(19)15-7-9-16(10-8-15)20-12-14-6-4-5-13(2)11-14/h4-11H,3,12H2,1-2H3,(H,18,19). The zero-order valence-corrected chi connectivity index (χ0v) is 11.8. The van der Waals surface area contributed by atoms with Gasteiger partial charge in [-0.15, -0.1) is 0 Å². The molecule has 0 unspecified atom stereocenters. The summed E-state index contributed by atoms with van der Waals surface area (Å²) in [5.41, 5.74) is 3.00. The van der Waals surface area contributed by atoms with Crippen molar-refractivity contribution in [2.75, 3.05) is 6.54 Å². The van der Waals surface area contributed by atoms with Crippen molar-refractivity contribution in [2.24, 2.45) is 0 Å². The van der Waals surface area contributed by atoms with Crippen molar-refractivity contribution >= 4 is 5.91 Å². The monoisotopic (exact) mass is 269 g/mol. The third-order valence-electron chi connectivity index (χ3n) is 2.94. The van der Waals surface area contributed by atoms with Crippen molar-refractivity contribution in [3.63, 3.8) is 0 Å². The van der Waals surface area contributed by atoms with Crippen LogP contribution in [0.15, 0.2) is 48.5 Å². The summed E-state index contributed by atoms with van der Waals surface area (Å²) in [7, 11) is 0. The molecule has 2 aromatic rings.